The van der Waals surface area contributed by atoms with Gasteiger partial charge in [-0.15, -0.1) is 0 Å². The molecule has 18 heavy (non-hydrogen) atoms. The van der Waals surface area contributed by atoms with Crippen molar-refractivity contribution in [2.45, 2.75) is 26.8 Å². The molecule has 0 fully saturated rings. The van der Waals surface area contributed by atoms with Crippen LogP contribution < -0.4 is 5.73 Å². The number of nitrogen functional groups attached to an aromatic ring is 1. The van der Waals surface area contributed by atoms with Crippen LogP contribution in [-0.2, 0) is 6.54 Å². The Bertz CT molecular complexity index is 552. The van der Waals surface area contributed by atoms with Crippen molar-refractivity contribution in [1.29, 1.82) is 0 Å². The first-order valence-corrected chi connectivity index (χ1v) is 6.06. The Morgan fingerprint density at radius 2 is 2.22 bits per heavy atom. The molecule has 0 aliphatic rings. The van der Waals surface area contributed by atoms with E-state index < -0.39 is 0 Å². The second-order valence-corrected chi connectivity index (χ2v) is 4.31. The third kappa shape index (κ3) is 2.14. The van der Waals surface area contributed by atoms with Crippen molar-refractivity contribution < 1.29 is 4.79 Å². The smallest absolute Gasteiger partial charge is 0.230 e. The molecule has 1 aromatic heterocycles. The van der Waals surface area contributed by atoms with E-state index in [1.165, 1.54) is 0 Å². The summed E-state index contributed by atoms with van der Waals surface area (Å²) >= 11 is 0. The minimum absolute atomic E-state index is 0.107. The van der Waals surface area contributed by atoms with Crippen molar-refractivity contribution in [3.8, 4) is 0 Å². The first kappa shape index (κ1) is 12.4. The van der Waals surface area contributed by atoms with E-state index in [4.69, 9.17) is 5.73 Å². The molecule has 2 N–H and O–H groups in total. The van der Waals surface area contributed by atoms with Gasteiger partial charge in [-0.3, -0.25) is 4.79 Å². The van der Waals surface area contributed by atoms with Crippen molar-refractivity contribution >= 4 is 11.5 Å². The number of nitrogens with zero attached hydrogens (tertiary/aromatic N) is 2. The number of anilines is 1. The van der Waals surface area contributed by atoms with Crippen molar-refractivity contribution in [3.05, 3.63) is 47.5 Å². The van der Waals surface area contributed by atoms with Crippen LogP contribution in [-0.4, -0.2) is 15.3 Å². The molecular formula is C14H17N3O. The summed E-state index contributed by atoms with van der Waals surface area (Å²) in [6.07, 6.45) is 4.43. The summed E-state index contributed by atoms with van der Waals surface area (Å²) < 4.78 is 1.87. The highest BCUT2D eigenvalue weighted by atomic mass is 16.1. The lowest BCUT2D eigenvalue weighted by Gasteiger charge is -2.09. The first-order valence-electron chi connectivity index (χ1n) is 6.06. The summed E-state index contributed by atoms with van der Waals surface area (Å²) in [6.45, 7) is 4.74. The minimum atomic E-state index is -0.107. The van der Waals surface area contributed by atoms with Crippen molar-refractivity contribution in [1.82, 2.24) is 9.55 Å². The number of benzene rings is 1. The van der Waals surface area contributed by atoms with Crippen LogP contribution >= 0.6 is 0 Å². The molecule has 4 heteroatoms. The summed E-state index contributed by atoms with van der Waals surface area (Å²) in [7, 11) is 0. The first-order chi connectivity index (χ1) is 8.65. The Morgan fingerprint density at radius 3 is 2.89 bits per heavy atom. The average molecular weight is 243 g/mol. The third-order valence-corrected chi connectivity index (χ3v) is 2.92. The topological polar surface area (TPSA) is 60.9 Å². The largest absolute Gasteiger partial charge is 0.398 e. The number of carbonyl (C=O) groups is 1. The number of imidazole rings is 1. The molecule has 0 atom stereocenters. The SMILES string of the molecule is CCCn1ccnc1C(=O)c1c(C)cccc1N. The quantitative estimate of drug-likeness (QED) is 0.662. The van der Waals surface area contributed by atoms with Gasteiger partial charge in [0.05, 0.1) is 5.56 Å². The Labute approximate surface area is 106 Å². The fourth-order valence-corrected chi connectivity index (χ4v) is 2.05. The van der Waals surface area contributed by atoms with E-state index in [9.17, 15) is 4.79 Å². The number of aromatic nitrogens is 2. The normalized spacial score (nSPS) is 10.6. The second kappa shape index (κ2) is 5.04. The Balaban J connectivity index is 2.45. The number of aryl methyl sites for hydroxylation is 2. The van der Waals surface area contributed by atoms with E-state index in [2.05, 4.69) is 11.9 Å². The van der Waals surface area contributed by atoms with E-state index in [0.717, 1.165) is 18.5 Å². The zero-order valence-corrected chi connectivity index (χ0v) is 10.7. The second-order valence-electron chi connectivity index (χ2n) is 4.31. The molecule has 0 saturated heterocycles. The molecule has 0 spiro atoms. The summed E-state index contributed by atoms with van der Waals surface area (Å²) in [5.41, 5.74) is 7.84. The van der Waals surface area contributed by atoms with E-state index in [1.807, 2.05) is 29.8 Å². The van der Waals surface area contributed by atoms with Crippen LogP contribution in [0, 0.1) is 6.92 Å². The highest BCUT2D eigenvalue weighted by molar-refractivity contribution is 6.11. The number of hydrogen-bond acceptors (Lipinski definition) is 3. The van der Waals surface area contributed by atoms with Gasteiger partial charge in [-0.25, -0.2) is 4.98 Å². The lowest BCUT2D eigenvalue weighted by Crippen LogP contribution is -2.14. The van der Waals surface area contributed by atoms with Gasteiger partial charge < -0.3 is 10.3 Å². The van der Waals surface area contributed by atoms with E-state index in [0.29, 0.717) is 17.1 Å². The molecule has 0 radical (unpaired) electrons. The molecule has 2 aromatic rings. The monoisotopic (exact) mass is 243 g/mol. The van der Waals surface area contributed by atoms with Crippen LogP contribution in [0.3, 0.4) is 0 Å². The van der Waals surface area contributed by atoms with Gasteiger partial charge >= 0.3 is 0 Å². The molecule has 0 bridgehead atoms. The Kier molecular flexibility index (Phi) is 3.46. The number of nitrogens with two attached hydrogens (primary N) is 1. The maximum Gasteiger partial charge on any atom is 0.230 e. The summed E-state index contributed by atoms with van der Waals surface area (Å²) in [4.78, 5) is 16.6. The Hall–Kier alpha value is -2.10. The third-order valence-electron chi connectivity index (χ3n) is 2.92. The molecule has 0 unspecified atom stereocenters. The van der Waals surface area contributed by atoms with Crippen LogP contribution in [0.15, 0.2) is 30.6 Å². The zero-order chi connectivity index (χ0) is 13.1. The molecule has 1 heterocycles. The molecule has 4 nitrogen and oxygen atoms in total. The van der Waals surface area contributed by atoms with E-state index in [1.54, 1.807) is 12.3 Å². The van der Waals surface area contributed by atoms with Gasteiger partial charge in [0.15, 0.2) is 5.82 Å². The molecule has 94 valence electrons. The fourth-order valence-electron chi connectivity index (χ4n) is 2.05. The van der Waals surface area contributed by atoms with E-state index in [-0.39, 0.29) is 5.78 Å². The van der Waals surface area contributed by atoms with Crippen molar-refractivity contribution in [2.24, 2.45) is 0 Å². The maximum absolute atomic E-state index is 12.5. The summed E-state index contributed by atoms with van der Waals surface area (Å²) in [5.74, 6) is 0.349. The number of hydrogen-bond donors (Lipinski definition) is 1. The highest BCUT2D eigenvalue weighted by Gasteiger charge is 2.19. The molecule has 0 amide bonds. The van der Waals surface area contributed by atoms with E-state index >= 15 is 0 Å². The lowest BCUT2D eigenvalue weighted by atomic mass is 10.0. The predicted octanol–water partition coefficient (Wildman–Crippen LogP) is 2.41. The molecule has 0 aliphatic heterocycles. The zero-order valence-electron chi connectivity index (χ0n) is 10.7. The summed E-state index contributed by atoms with van der Waals surface area (Å²) in [6, 6.07) is 5.48. The molecule has 0 saturated carbocycles. The number of rotatable bonds is 4. The molecular weight excluding hydrogens is 226 g/mol. The van der Waals surface area contributed by atoms with Crippen LogP contribution in [0.4, 0.5) is 5.69 Å². The van der Waals surface area contributed by atoms with Gasteiger partial charge in [0.1, 0.15) is 0 Å². The van der Waals surface area contributed by atoms with Gasteiger partial charge in [0.25, 0.3) is 0 Å². The van der Waals surface area contributed by atoms with Crippen molar-refractivity contribution in [3.63, 3.8) is 0 Å². The predicted molar refractivity (Wildman–Crippen MR) is 71.5 cm³/mol. The van der Waals surface area contributed by atoms with Crippen molar-refractivity contribution in [2.75, 3.05) is 5.73 Å². The highest BCUT2D eigenvalue weighted by Crippen LogP contribution is 2.19. The van der Waals surface area contributed by atoms with Crippen LogP contribution in [0.25, 0.3) is 0 Å². The van der Waals surface area contributed by atoms with Gasteiger partial charge in [-0.1, -0.05) is 19.1 Å². The van der Waals surface area contributed by atoms with Crippen LogP contribution in [0.1, 0.15) is 35.1 Å². The fraction of sp³-hybridized carbons (Fsp3) is 0.286. The standard InChI is InChI=1S/C14H17N3O/c1-3-8-17-9-7-16-14(17)13(18)12-10(2)5-4-6-11(12)15/h4-7,9H,3,8,15H2,1-2H3. The molecule has 1 aromatic carbocycles. The summed E-state index contributed by atoms with van der Waals surface area (Å²) in [5, 5.41) is 0. The average Bonchev–Trinajstić information content (AvgIpc) is 2.77. The maximum atomic E-state index is 12.5. The Morgan fingerprint density at radius 1 is 1.44 bits per heavy atom. The van der Waals surface area contributed by atoms with Crippen LogP contribution in [0.5, 0.6) is 0 Å². The minimum Gasteiger partial charge on any atom is -0.398 e. The number of ketones is 1. The lowest BCUT2D eigenvalue weighted by molar-refractivity contribution is 0.102. The van der Waals surface area contributed by atoms with Gasteiger partial charge in [0, 0.05) is 24.6 Å². The van der Waals surface area contributed by atoms with Crippen LogP contribution in [0.2, 0.25) is 0 Å². The van der Waals surface area contributed by atoms with Gasteiger partial charge in [-0.05, 0) is 25.0 Å². The number of carbonyl (C=O) groups excluding carboxylic acids is 1. The molecule has 2 rings (SSSR count). The van der Waals surface area contributed by atoms with Gasteiger partial charge in [-0.2, -0.15) is 0 Å². The molecule has 0 aliphatic carbocycles. The van der Waals surface area contributed by atoms with Gasteiger partial charge in [0.2, 0.25) is 5.78 Å².